The number of likely N-dealkylation sites (tertiary alicyclic amines) is 1. The number of benzene rings is 1. The molecule has 5 rings (SSSR count). The third-order valence-corrected chi connectivity index (χ3v) is 6.02. The van der Waals surface area contributed by atoms with Gasteiger partial charge < -0.3 is 10.5 Å². The molecule has 7 nitrogen and oxygen atoms in total. The molecule has 1 aromatic carbocycles. The van der Waals surface area contributed by atoms with Gasteiger partial charge in [0.25, 0.3) is 0 Å². The fourth-order valence-corrected chi connectivity index (χ4v) is 4.51. The van der Waals surface area contributed by atoms with E-state index >= 15 is 0 Å². The molecule has 0 spiro atoms. The lowest BCUT2D eigenvalue weighted by molar-refractivity contribution is -0.183. The molecule has 0 radical (unpaired) electrons. The molecule has 2 atom stereocenters. The summed E-state index contributed by atoms with van der Waals surface area (Å²) in [6.07, 6.45) is -2.89. The average Bonchev–Trinajstić information content (AvgIpc) is 3.40. The van der Waals surface area contributed by atoms with Crippen molar-refractivity contribution in [2.24, 2.45) is 5.73 Å². The number of alkyl halides is 3. The predicted molar refractivity (Wildman–Crippen MR) is 122 cm³/mol. The molecule has 0 aliphatic carbocycles. The summed E-state index contributed by atoms with van der Waals surface area (Å²) in [5.41, 5.74) is 6.91. The fraction of sp³-hybridized carbons (Fsp3) is 0.375. The van der Waals surface area contributed by atoms with E-state index in [1.807, 2.05) is 0 Å². The number of nitrogens with two attached hydrogens (primary N) is 1. The maximum atomic E-state index is 14.5. The molecule has 1 unspecified atom stereocenters. The van der Waals surface area contributed by atoms with E-state index < -0.39 is 18.0 Å². The van der Waals surface area contributed by atoms with E-state index in [9.17, 15) is 17.6 Å². The van der Waals surface area contributed by atoms with E-state index in [0.717, 1.165) is 0 Å². The van der Waals surface area contributed by atoms with E-state index in [1.54, 1.807) is 32.0 Å². The Kier molecular flexibility index (Phi) is 5.84. The van der Waals surface area contributed by atoms with E-state index in [2.05, 4.69) is 15.2 Å². The minimum atomic E-state index is -4.49. The van der Waals surface area contributed by atoms with Gasteiger partial charge in [-0.25, -0.2) is 9.37 Å². The van der Waals surface area contributed by atoms with E-state index in [-0.39, 0.29) is 42.4 Å². The highest BCUT2D eigenvalue weighted by atomic mass is 19.4. The lowest BCUT2D eigenvalue weighted by Crippen LogP contribution is -2.38. The van der Waals surface area contributed by atoms with Crippen LogP contribution in [0.25, 0.3) is 28.1 Å². The van der Waals surface area contributed by atoms with Gasteiger partial charge in [-0.3, -0.25) is 9.30 Å². The highest BCUT2D eigenvalue weighted by Crippen LogP contribution is 2.39. The first kappa shape index (κ1) is 23.4. The van der Waals surface area contributed by atoms with Crippen molar-refractivity contribution in [3.8, 4) is 17.3 Å². The average molecular weight is 488 g/mol. The molecule has 4 aromatic rings. The monoisotopic (exact) mass is 488 g/mol. The van der Waals surface area contributed by atoms with Gasteiger partial charge in [-0.05, 0) is 50.1 Å². The van der Waals surface area contributed by atoms with Crippen molar-refractivity contribution in [2.45, 2.75) is 44.6 Å². The summed E-state index contributed by atoms with van der Waals surface area (Å²) in [4.78, 5) is 5.90. The summed E-state index contributed by atoms with van der Waals surface area (Å²) < 4.78 is 64.0. The van der Waals surface area contributed by atoms with Crippen LogP contribution < -0.4 is 10.5 Å². The molecule has 1 aliphatic rings. The number of rotatable bonds is 5. The second-order valence-corrected chi connectivity index (χ2v) is 9.01. The van der Waals surface area contributed by atoms with Crippen molar-refractivity contribution < 1.29 is 22.3 Å². The molecule has 0 saturated carbocycles. The van der Waals surface area contributed by atoms with Gasteiger partial charge in [-0.2, -0.15) is 13.2 Å². The molecule has 3 aromatic heterocycles. The van der Waals surface area contributed by atoms with Crippen molar-refractivity contribution in [2.75, 3.05) is 13.1 Å². The predicted octanol–water partition coefficient (Wildman–Crippen LogP) is 4.51. The van der Waals surface area contributed by atoms with Crippen molar-refractivity contribution in [1.29, 1.82) is 0 Å². The molecular formula is C24H24F4N6O. The first-order valence-electron chi connectivity index (χ1n) is 11.3. The maximum absolute atomic E-state index is 14.5. The molecule has 2 N–H and O–H groups in total. The largest absolute Gasteiger partial charge is 0.486 e. The van der Waals surface area contributed by atoms with Gasteiger partial charge in [0.05, 0.1) is 6.10 Å². The zero-order chi connectivity index (χ0) is 24.9. The van der Waals surface area contributed by atoms with Crippen LogP contribution in [0.15, 0.2) is 42.6 Å². The van der Waals surface area contributed by atoms with Crippen LogP contribution in [0, 0.1) is 5.82 Å². The van der Waals surface area contributed by atoms with E-state index in [0.29, 0.717) is 28.7 Å². The van der Waals surface area contributed by atoms with Crippen LogP contribution in [-0.4, -0.2) is 55.9 Å². The number of hydrogen-bond acceptors (Lipinski definition) is 6. The molecular weight excluding hydrogens is 464 g/mol. The fourth-order valence-electron chi connectivity index (χ4n) is 4.51. The topological polar surface area (TPSA) is 81.6 Å². The highest BCUT2D eigenvalue weighted by molar-refractivity contribution is 5.86. The van der Waals surface area contributed by atoms with Gasteiger partial charge in [0.15, 0.2) is 23.0 Å². The Bertz CT molecular complexity index is 1390. The van der Waals surface area contributed by atoms with Gasteiger partial charge in [0.1, 0.15) is 17.3 Å². The Hall–Kier alpha value is -3.31. The van der Waals surface area contributed by atoms with Crippen LogP contribution >= 0.6 is 0 Å². The zero-order valence-corrected chi connectivity index (χ0v) is 19.1. The Balaban J connectivity index is 1.62. The zero-order valence-electron chi connectivity index (χ0n) is 19.1. The lowest BCUT2D eigenvalue weighted by atomic mass is 10.1. The Morgan fingerprint density at radius 3 is 2.54 bits per heavy atom. The van der Waals surface area contributed by atoms with Crippen LogP contribution in [0.3, 0.4) is 0 Å². The second kappa shape index (κ2) is 8.72. The number of fused-ring (bicyclic) bond motifs is 2. The molecule has 0 bridgehead atoms. The number of aromatic nitrogens is 4. The molecule has 1 aliphatic heterocycles. The number of pyridine rings is 2. The summed E-state index contributed by atoms with van der Waals surface area (Å²) >= 11 is 0. The van der Waals surface area contributed by atoms with Crippen molar-refractivity contribution >= 4 is 16.6 Å². The molecule has 11 heteroatoms. The SMILES string of the molecule is CC(C)Oc1c(F)ccc2ccc(-c3nnc4ccc([C@@H](N5CCC(N)C5)C(F)(F)F)cn34)nc12. The summed E-state index contributed by atoms with van der Waals surface area (Å²) in [5.74, 6) is -0.306. The maximum Gasteiger partial charge on any atom is 0.408 e. The van der Waals surface area contributed by atoms with Gasteiger partial charge in [0.2, 0.25) is 0 Å². The quantitative estimate of drug-likeness (QED) is 0.417. The summed E-state index contributed by atoms with van der Waals surface area (Å²) in [6, 6.07) is 7.11. The molecule has 35 heavy (non-hydrogen) atoms. The molecule has 0 amide bonds. The summed E-state index contributed by atoms with van der Waals surface area (Å²) in [6.45, 7) is 3.97. The van der Waals surface area contributed by atoms with Gasteiger partial charge in [-0.1, -0.05) is 12.1 Å². The molecule has 184 valence electrons. The van der Waals surface area contributed by atoms with Gasteiger partial charge in [0, 0.05) is 30.7 Å². The van der Waals surface area contributed by atoms with Crippen molar-refractivity contribution in [1.82, 2.24) is 24.5 Å². The standard InChI is InChI=1S/C24H24F4N6O/c1-13(2)35-21-17(25)6-3-14-4-7-18(30-20(14)21)23-32-31-19-8-5-15(11-34(19)23)22(24(26,27)28)33-10-9-16(29)12-33/h3-8,11,13,16,22H,9-10,12,29H2,1-2H3/t16?,22-/m1/s1. The van der Waals surface area contributed by atoms with Crippen molar-refractivity contribution in [3.05, 3.63) is 54.0 Å². The first-order valence-corrected chi connectivity index (χ1v) is 11.3. The minimum absolute atomic E-state index is 0.0105. The first-order chi connectivity index (χ1) is 16.6. The van der Waals surface area contributed by atoms with Crippen molar-refractivity contribution in [3.63, 3.8) is 0 Å². The van der Waals surface area contributed by atoms with Gasteiger partial charge in [-0.15, -0.1) is 10.2 Å². The number of halogens is 4. The lowest BCUT2D eigenvalue weighted by Gasteiger charge is -2.30. The van der Waals surface area contributed by atoms with E-state index in [1.165, 1.54) is 33.7 Å². The Morgan fingerprint density at radius 1 is 1.09 bits per heavy atom. The normalized spacial score (nSPS) is 18.1. The molecule has 4 heterocycles. The highest BCUT2D eigenvalue weighted by Gasteiger charge is 2.46. The van der Waals surface area contributed by atoms with Crippen LogP contribution in [0.5, 0.6) is 5.75 Å². The number of nitrogens with zero attached hydrogens (tertiary/aromatic N) is 5. The van der Waals surface area contributed by atoms with Crippen LogP contribution in [0.4, 0.5) is 17.6 Å². The Morgan fingerprint density at radius 2 is 1.86 bits per heavy atom. The smallest absolute Gasteiger partial charge is 0.408 e. The molecule has 1 fully saturated rings. The summed E-state index contributed by atoms with van der Waals surface area (Å²) in [7, 11) is 0. The third kappa shape index (κ3) is 4.41. The minimum Gasteiger partial charge on any atom is -0.486 e. The Labute approximate surface area is 198 Å². The van der Waals surface area contributed by atoms with E-state index in [4.69, 9.17) is 10.5 Å². The van der Waals surface area contributed by atoms with Crippen LogP contribution in [0.2, 0.25) is 0 Å². The van der Waals surface area contributed by atoms with Crippen LogP contribution in [0.1, 0.15) is 31.9 Å². The molecule has 1 saturated heterocycles. The summed E-state index contributed by atoms with van der Waals surface area (Å²) in [5, 5.41) is 8.90. The number of hydrogen-bond donors (Lipinski definition) is 1. The number of ether oxygens (including phenoxy) is 1. The van der Waals surface area contributed by atoms with Crippen LogP contribution in [-0.2, 0) is 0 Å². The van der Waals surface area contributed by atoms with Gasteiger partial charge >= 0.3 is 6.18 Å². The third-order valence-electron chi connectivity index (χ3n) is 6.02. The second-order valence-electron chi connectivity index (χ2n) is 9.01.